The van der Waals surface area contributed by atoms with Gasteiger partial charge in [0.05, 0.1) is 23.7 Å². The van der Waals surface area contributed by atoms with Crippen LogP contribution in [0.4, 0.5) is 0 Å². The molecule has 4 aromatic rings. The van der Waals surface area contributed by atoms with Crippen LogP contribution >= 0.6 is 0 Å². The van der Waals surface area contributed by atoms with Crippen LogP contribution in [0.25, 0.3) is 28.7 Å². The molecule has 28 heavy (non-hydrogen) atoms. The Morgan fingerprint density at radius 1 is 0.964 bits per heavy atom. The van der Waals surface area contributed by atoms with Crippen molar-refractivity contribution in [3.05, 3.63) is 94.5 Å². The Labute approximate surface area is 161 Å². The molecule has 1 aromatic heterocycles. The summed E-state index contributed by atoms with van der Waals surface area (Å²) in [6.07, 6.45) is 3.57. The van der Waals surface area contributed by atoms with Crippen LogP contribution in [0.1, 0.15) is 11.4 Å². The van der Waals surface area contributed by atoms with Gasteiger partial charge >= 0.3 is 0 Å². The number of fused-ring (bicyclic) bond motifs is 1. The van der Waals surface area contributed by atoms with Crippen molar-refractivity contribution in [1.29, 1.82) is 0 Å². The maximum atomic E-state index is 13.1. The van der Waals surface area contributed by atoms with Gasteiger partial charge in [-0.2, -0.15) is 0 Å². The van der Waals surface area contributed by atoms with E-state index < -0.39 is 0 Å². The monoisotopic (exact) mass is 370 g/mol. The quantitative estimate of drug-likeness (QED) is 0.583. The molecule has 0 spiro atoms. The lowest BCUT2D eigenvalue weighted by Crippen LogP contribution is -2.22. The van der Waals surface area contributed by atoms with E-state index in [0.29, 0.717) is 22.5 Å². The van der Waals surface area contributed by atoms with Crippen LogP contribution in [0, 0.1) is 0 Å². The smallest absolute Gasteiger partial charge is 0.266 e. The van der Waals surface area contributed by atoms with Crippen LogP contribution in [0.5, 0.6) is 11.5 Å². The molecule has 1 heterocycles. The minimum absolute atomic E-state index is 0.0524. The Balaban J connectivity index is 1.88. The van der Waals surface area contributed by atoms with E-state index in [-0.39, 0.29) is 11.3 Å². The van der Waals surface area contributed by atoms with Crippen molar-refractivity contribution in [3.63, 3.8) is 0 Å². The van der Waals surface area contributed by atoms with Crippen LogP contribution in [-0.4, -0.2) is 21.8 Å². The maximum absolute atomic E-state index is 13.1. The van der Waals surface area contributed by atoms with E-state index in [1.54, 1.807) is 34.9 Å². The van der Waals surface area contributed by atoms with Gasteiger partial charge in [0, 0.05) is 0 Å². The third kappa shape index (κ3) is 3.25. The summed E-state index contributed by atoms with van der Waals surface area (Å²) in [5.74, 6) is 0.962. The molecule has 0 atom stereocenters. The number of aromatic hydroxyl groups is 1. The van der Waals surface area contributed by atoms with Crippen LogP contribution in [-0.2, 0) is 0 Å². The molecule has 0 saturated heterocycles. The highest BCUT2D eigenvalue weighted by atomic mass is 16.5. The number of para-hydroxylation sites is 2. The van der Waals surface area contributed by atoms with E-state index in [2.05, 4.69) is 4.98 Å². The van der Waals surface area contributed by atoms with Crippen molar-refractivity contribution in [3.8, 4) is 17.2 Å². The standard InChI is InChI=1S/C23H18N2O3/c1-28-21-13-11-16(15-20(21)26)12-14-22-24-19-10-6-5-9-18(19)23(27)25(22)17-7-3-2-4-8-17/h2-15,26H,1H3. The Hall–Kier alpha value is -3.86. The number of hydrogen-bond donors (Lipinski definition) is 1. The van der Waals surface area contributed by atoms with Gasteiger partial charge < -0.3 is 9.84 Å². The lowest BCUT2D eigenvalue weighted by Gasteiger charge is -2.11. The zero-order valence-electron chi connectivity index (χ0n) is 15.2. The predicted molar refractivity (Wildman–Crippen MR) is 111 cm³/mol. The lowest BCUT2D eigenvalue weighted by atomic mass is 10.1. The fourth-order valence-electron chi connectivity index (χ4n) is 3.07. The van der Waals surface area contributed by atoms with E-state index >= 15 is 0 Å². The average Bonchev–Trinajstić information content (AvgIpc) is 2.73. The van der Waals surface area contributed by atoms with E-state index in [9.17, 15) is 9.90 Å². The molecule has 0 aliphatic rings. The van der Waals surface area contributed by atoms with Gasteiger partial charge in [0.2, 0.25) is 0 Å². The van der Waals surface area contributed by atoms with Gasteiger partial charge in [-0.3, -0.25) is 9.36 Å². The Morgan fingerprint density at radius 3 is 2.46 bits per heavy atom. The minimum Gasteiger partial charge on any atom is -0.504 e. The Morgan fingerprint density at radius 2 is 1.71 bits per heavy atom. The third-order valence-electron chi connectivity index (χ3n) is 4.44. The molecule has 138 valence electrons. The molecule has 5 nitrogen and oxygen atoms in total. The topological polar surface area (TPSA) is 64.3 Å². The molecule has 0 radical (unpaired) electrons. The Kier molecular flexibility index (Phi) is 4.64. The number of benzene rings is 3. The van der Waals surface area contributed by atoms with Gasteiger partial charge in [-0.15, -0.1) is 0 Å². The highest BCUT2D eigenvalue weighted by molar-refractivity contribution is 5.80. The number of aromatic nitrogens is 2. The molecule has 5 heteroatoms. The zero-order valence-corrected chi connectivity index (χ0v) is 15.2. The summed E-state index contributed by atoms with van der Waals surface area (Å²) < 4.78 is 6.66. The molecule has 3 aromatic carbocycles. The summed E-state index contributed by atoms with van der Waals surface area (Å²) in [5.41, 5.74) is 2.01. The highest BCUT2D eigenvalue weighted by Crippen LogP contribution is 2.27. The molecule has 0 fully saturated rings. The highest BCUT2D eigenvalue weighted by Gasteiger charge is 2.10. The summed E-state index contributed by atoms with van der Waals surface area (Å²) in [6.45, 7) is 0. The number of phenols is 1. The normalized spacial score (nSPS) is 11.2. The lowest BCUT2D eigenvalue weighted by molar-refractivity contribution is 0.373. The number of nitrogens with zero attached hydrogens (tertiary/aromatic N) is 2. The van der Waals surface area contributed by atoms with Crippen molar-refractivity contribution in [2.45, 2.75) is 0 Å². The molecule has 0 aliphatic carbocycles. The van der Waals surface area contributed by atoms with E-state index in [0.717, 1.165) is 11.3 Å². The molecule has 0 amide bonds. The van der Waals surface area contributed by atoms with Crippen molar-refractivity contribution in [1.82, 2.24) is 9.55 Å². The molecule has 0 saturated carbocycles. The summed E-state index contributed by atoms with van der Waals surface area (Å²) >= 11 is 0. The molecular formula is C23H18N2O3. The summed E-state index contributed by atoms with van der Waals surface area (Å²) in [6, 6.07) is 21.8. The van der Waals surface area contributed by atoms with Crippen molar-refractivity contribution in [2.75, 3.05) is 7.11 Å². The van der Waals surface area contributed by atoms with Gasteiger partial charge in [0.25, 0.3) is 5.56 Å². The fraction of sp³-hybridized carbons (Fsp3) is 0.0435. The SMILES string of the molecule is COc1ccc(C=Cc2nc3ccccc3c(=O)n2-c2ccccc2)cc1O. The number of ether oxygens (including phenoxy) is 1. The Bertz CT molecular complexity index is 1230. The molecule has 0 aliphatic heterocycles. The second-order valence-corrected chi connectivity index (χ2v) is 6.23. The molecule has 4 rings (SSSR count). The van der Waals surface area contributed by atoms with E-state index in [1.165, 1.54) is 7.11 Å². The van der Waals surface area contributed by atoms with Crippen molar-refractivity contribution < 1.29 is 9.84 Å². The van der Waals surface area contributed by atoms with Gasteiger partial charge in [0.15, 0.2) is 11.5 Å². The first kappa shape index (κ1) is 17.5. The summed E-state index contributed by atoms with van der Waals surface area (Å²) in [7, 11) is 1.50. The van der Waals surface area contributed by atoms with E-state index in [4.69, 9.17) is 4.74 Å². The zero-order chi connectivity index (χ0) is 19.5. The fourth-order valence-corrected chi connectivity index (χ4v) is 3.07. The first-order valence-electron chi connectivity index (χ1n) is 8.79. The van der Waals surface area contributed by atoms with Gasteiger partial charge in [-0.05, 0) is 48.0 Å². The van der Waals surface area contributed by atoms with Crippen molar-refractivity contribution in [2.24, 2.45) is 0 Å². The molecular weight excluding hydrogens is 352 g/mol. The largest absolute Gasteiger partial charge is 0.504 e. The van der Waals surface area contributed by atoms with Gasteiger partial charge in [-0.1, -0.05) is 42.5 Å². The van der Waals surface area contributed by atoms with E-state index in [1.807, 2.05) is 54.6 Å². The first-order chi connectivity index (χ1) is 13.7. The predicted octanol–water partition coefficient (Wildman–Crippen LogP) is 4.27. The number of methoxy groups -OCH3 is 1. The summed E-state index contributed by atoms with van der Waals surface area (Å²) in [4.78, 5) is 17.8. The van der Waals surface area contributed by atoms with Crippen LogP contribution in [0.3, 0.4) is 0 Å². The van der Waals surface area contributed by atoms with Crippen LogP contribution in [0.2, 0.25) is 0 Å². The number of hydrogen-bond acceptors (Lipinski definition) is 4. The van der Waals surface area contributed by atoms with Crippen LogP contribution in [0.15, 0.2) is 77.6 Å². The minimum atomic E-state index is -0.131. The first-order valence-corrected chi connectivity index (χ1v) is 8.79. The molecule has 0 bridgehead atoms. The summed E-state index contributed by atoms with van der Waals surface area (Å²) in [5, 5.41) is 10.5. The third-order valence-corrected chi connectivity index (χ3v) is 4.44. The second-order valence-electron chi connectivity index (χ2n) is 6.23. The molecule has 1 N–H and O–H groups in total. The van der Waals surface area contributed by atoms with Crippen LogP contribution < -0.4 is 10.3 Å². The van der Waals surface area contributed by atoms with Gasteiger partial charge in [-0.25, -0.2) is 4.98 Å². The van der Waals surface area contributed by atoms with Gasteiger partial charge in [0.1, 0.15) is 5.82 Å². The average molecular weight is 370 g/mol. The number of phenolic OH excluding ortho intramolecular Hbond substituents is 1. The van der Waals surface area contributed by atoms with Crippen molar-refractivity contribution >= 4 is 23.1 Å². The maximum Gasteiger partial charge on any atom is 0.266 e. The molecule has 0 unspecified atom stereocenters. The number of rotatable bonds is 4. The second kappa shape index (κ2) is 7.40.